The molecule has 2 aliphatic rings. The highest BCUT2D eigenvalue weighted by molar-refractivity contribution is 6.18. The monoisotopic (exact) mass is 348 g/mol. The molecule has 2 amide bonds. The van der Waals surface area contributed by atoms with Gasteiger partial charge in [-0.3, -0.25) is 9.59 Å². The average Bonchev–Trinajstić information content (AvgIpc) is 3.49. The van der Waals surface area contributed by atoms with Gasteiger partial charge >= 0.3 is 0 Å². The lowest BCUT2D eigenvalue weighted by molar-refractivity contribution is -0.132. The maximum absolute atomic E-state index is 13.3. The van der Waals surface area contributed by atoms with Crippen molar-refractivity contribution < 1.29 is 9.59 Å². The Balaban J connectivity index is 1.58. The van der Waals surface area contributed by atoms with Crippen LogP contribution in [-0.4, -0.2) is 18.4 Å². The number of para-hydroxylation sites is 2. The number of nitrogens with one attached hydrogen (secondary N) is 1. The minimum Gasteiger partial charge on any atom is -0.325 e. The Hall–Kier alpha value is -2.62. The van der Waals surface area contributed by atoms with Crippen molar-refractivity contribution in [2.24, 2.45) is 5.41 Å². The van der Waals surface area contributed by atoms with Crippen LogP contribution in [0.1, 0.15) is 37.3 Å². The second-order valence-electron chi connectivity index (χ2n) is 7.24. The van der Waals surface area contributed by atoms with Gasteiger partial charge in [0, 0.05) is 17.9 Å². The molecule has 0 saturated heterocycles. The van der Waals surface area contributed by atoms with Crippen LogP contribution >= 0.6 is 0 Å². The topological polar surface area (TPSA) is 49.4 Å². The van der Waals surface area contributed by atoms with Crippen LogP contribution in [0, 0.1) is 5.41 Å². The Morgan fingerprint density at radius 2 is 1.81 bits per heavy atom. The number of hydrogen-bond acceptors (Lipinski definition) is 2. The maximum atomic E-state index is 13.3. The number of rotatable bonds is 4. The summed E-state index contributed by atoms with van der Waals surface area (Å²) >= 11 is 0. The van der Waals surface area contributed by atoms with Gasteiger partial charge in [-0.15, -0.1) is 0 Å². The molecule has 0 atom stereocenters. The molecule has 1 heterocycles. The summed E-state index contributed by atoms with van der Waals surface area (Å²) < 4.78 is 0. The molecule has 1 fully saturated rings. The molecule has 4 nitrogen and oxygen atoms in total. The van der Waals surface area contributed by atoms with Gasteiger partial charge in [0.25, 0.3) is 0 Å². The first-order valence-corrected chi connectivity index (χ1v) is 9.45. The Morgan fingerprint density at radius 1 is 1.08 bits per heavy atom. The van der Waals surface area contributed by atoms with E-state index in [4.69, 9.17) is 0 Å². The van der Waals surface area contributed by atoms with Gasteiger partial charge in [-0.05, 0) is 55.4 Å². The predicted octanol–water partition coefficient (Wildman–Crippen LogP) is 3.95. The molecular weight excluding hydrogens is 324 g/mol. The zero-order valence-corrected chi connectivity index (χ0v) is 15.1. The van der Waals surface area contributed by atoms with E-state index in [1.165, 1.54) is 5.56 Å². The molecule has 1 N–H and O–H groups in total. The van der Waals surface area contributed by atoms with Crippen molar-refractivity contribution in [3.8, 4) is 0 Å². The largest absolute Gasteiger partial charge is 0.325 e. The summed E-state index contributed by atoms with van der Waals surface area (Å²) in [5.41, 5.74) is 3.17. The third-order valence-electron chi connectivity index (χ3n) is 5.60. The predicted molar refractivity (Wildman–Crippen MR) is 103 cm³/mol. The van der Waals surface area contributed by atoms with E-state index >= 15 is 0 Å². The number of anilines is 2. The number of aryl methyl sites for hydroxylation is 2. The third kappa shape index (κ3) is 2.79. The van der Waals surface area contributed by atoms with E-state index in [-0.39, 0.29) is 11.8 Å². The fraction of sp³-hybridized carbons (Fsp3) is 0.364. The molecule has 0 bridgehead atoms. The molecule has 26 heavy (non-hydrogen) atoms. The number of carbonyl (C=O) groups is 2. The number of carbonyl (C=O) groups excluding carboxylic acids is 2. The Labute approximate surface area is 154 Å². The Kier molecular flexibility index (Phi) is 4.27. The number of nitrogens with zero attached hydrogens (tertiary/aromatic N) is 1. The van der Waals surface area contributed by atoms with Gasteiger partial charge < -0.3 is 10.2 Å². The van der Waals surface area contributed by atoms with Gasteiger partial charge in [-0.2, -0.15) is 0 Å². The van der Waals surface area contributed by atoms with Crippen molar-refractivity contribution in [2.75, 3.05) is 16.8 Å². The molecule has 2 aromatic rings. The van der Waals surface area contributed by atoms with Crippen molar-refractivity contribution >= 4 is 23.2 Å². The van der Waals surface area contributed by atoms with E-state index in [9.17, 15) is 9.59 Å². The van der Waals surface area contributed by atoms with Crippen LogP contribution in [0.4, 0.5) is 11.4 Å². The number of fused-ring (bicyclic) bond motifs is 1. The molecule has 4 rings (SSSR count). The first-order valence-electron chi connectivity index (χ1n) is 9.45. The lowest BCUT2D eigenvalue weighted by atomic mass is 9.97. The van der Waals surface area contributed by atoms with Crippen molar-refractivity contribution in [3.63, 3.8) is 0 Å². The van der Waals surface area contributed by atoms with Crippen LogP contribution in [0.2, 0.25) is 0 Å². The molecule has 1 saturated carbocycles. The number of hydrogen-bond donors (Lipinski definition) is 1. The lowest BCUT2D eigenvalue weighted by Gasteiger charge is -2.32. The van der Waals surface area contributed by atoms with Crippen LogP contribution in [0.15, 0.2) is 48.5 Å². The normalized spacial score (nSPS) is 17.3. The summed E-state index contributed by atoms with van der Waals surface area (Å²) in [5.74, 6) is -0.206. The zero-order chi connectivity index (χ0) is 18.1. The Bertz CT molecular complexity index is 855. The highest BCUT2D eigenvalue weighted by Gasteiger charge is 2.58. The summed E-state index contributed by atoms with van der Waals surface area (Å²) in [7, 11) is 0. The molecule has 1 aliphatic heterocycles. The molecule has 0 radical (unpaired) electrons. The summed E-state index contributed by atoms with van der Waals surface area (Å²) in [6, 6.07) is 15.8. The van der Waals surface area contributed by atoms with E-state index in [1.54, 1.807) is 0 Å². The highest BCUT2D eigenvalue weighted by atomic mass is 16.2. The van der Waals surface area contributed by atoms with E-state index < -0.39 is 5.41 Å². The standard InChI is InChI=1S/C22H24N2O2/c1-2-16-8-3-5-11-18(16)23-20(25)22(13-14-22)21(26)24-15-7-10-17-9-4-6-12-19(17)24/h3-6,8-9,11-12H,2,7,10,13-15H2,1H3,(H,23,25). The fourth-order valence-electron chi connectivity index (χ4n) is 3.86. The second kappa shape index (κ2) is 6.60. The second-order valence-corrected chi connectivity index (χ2v) is 7.24. The quantitative estimate of drug-likeness (QED) is 0.851. The van der Waals surface area contributed by atoms with Crippen molar-refractivity contribution in [1.82, 2.24) is 0 Å². The van der Waals surface area contributed by atoms with Crippen LogP contribution in [0.3, 0.4) is 0 Å². The summed E-state index contributed by atoms with van der Waals surface area (Å²) in [6.07, 6.45) is 4.04. The number of benzene rings is 2. The molecule has 0 spiro atoms. The average molecular weight is 348 g/mol. The van der Waals surface area contributed by atoms with Gasteiger partial charge in [-0.1, -0.05) is 43.3 Å². The smallest absolute Gasteiger partial charge is 0.242 e. The van der Waals surface area contributed by atoms with Gasteiger partial charge in [-0.25, -0.2) is 0 Å². The molecule has 0 aromatic heterocycles. The van der Waals surface area contributed by atoms with Crippen LogP contribution in [0.25, 0.3) is 0 Å². The lowest BCUT2D eigenvalue weighted by Crippen LogP contribution is -2.45. The number of amides is 2. The molecule has 2 aromatic carbocycles. The molecular formula is C22H24N2O2. The first-order chi connectivity index (χ1) is 12.7. The van der Waals surface area contributed by atoms with Crippen LogP contribution in [-0.2, 0) is 22.4 Å². The summed E-state index contributed by atoms with van der Waals surface area (Å²) in [5, 5.41) is 3.02. The van der Waals surface area contributed by atoms with E-state index in [0.29, 0.717) is 19.4 Å². The van der Waals surface area contributed by atoms with Crippen LogP contribution < -0.4 is 10.2 Å². The minimum absolute atomic E-state index is 0.0453. The van der Waals surface area contributed by atoms with Crippen molar-refractivity contribution in [3.05, 3.63) is 59.7 Å². The van der Waals surface area contributed by atoms with E-state index in [1.807, 2.05) is 47.4 Å². The van der Waals surface area contributed by atoms with Crippen molar-refractivity contribution in [1.29, 1.82) is 0 Å². The Morgan fingerprint density at radius 3 is 2.58 bits per heavy atom. The van der Waals surface area contributed by atoms with Gasteiger partial charge in [0.2, 0.25) is 11.8 Å². The minimum atomic E-state index is -0.898. The van der Waals surface area contributed by atoms with Crippen molar-refractivity contribution in [2.45, 2.75) is 39.0 Å². The van der Waals surface area contributed by atoms with Crippen LogP contribution in [0.5, 0.6) is 0 Å². The molecule has 0 unspecified atom stereocenters. The van der Waals surface area contributed by atoms with Gasteiger partial charge in [0.15, 0.2) is 0 Å². The van der Waals surface area contributed by atoms with E-state index in [0.717, 1.165) is 36.2 Å². The molecule has 134 valence electrons. The van der Waals surface area contributed by atoms with Gasteiger partial charge in [0.1, 0.15) is 5.41 Å². The first kappa shape index (κ1) is 16.8. The third-order valence-corrected chi connectivity index (χ3v) is 5.60. The summed E-state index contributed by atoms with van der Waals surface area (Å²) in [4.78, 5) is 28.1. The maximum Gasteiger partial charge on any atom is 0.242 e. The van der Waals surface area contributed by atoms with Gasteiger partial charge in [0.05, 0.1) is 0 Å². The fourth-order valence-corrected chi connectivity index (χ4v) is 3.86. The molecule has 4 heteroatoms. The SMILES string of the molecule is CCc1ccccc1NC(=O)C1(C(=O)N2CCCc3ccccc32)CC1. The molecule has 1 aliphatic carbocycles. The van der Waals surface area contributed by atoms with E-state index in [2.05, 4.69) is 18.3 Å². The zero-order valence-electron chi connectivity index (χ0n) is 15.1. The highest BCUT2D eigenvalue weighted by Crippen LogP contribution is 2.49. The summed E-state index contributed by atoms with van der Waals surface area (Å²) in [6.45, 7) is 2.75.